The summed E-state index contributed by atoms with van der Waals surface area (Å²) >= 11 is 11.7. The van der Waals surface area contributed by atoms with E-state index in [0.717, 1.165) is 16.8 Å². The van der Waals surface area contributed by atoms with Crippen molar-refractivity contribution < 1.29 is 14.6 Å². The van der Waals surface area contributed by atoms with E-state index in [1.807, 2.05) is 69.0 Å². The molecule has 1 aliphatic heterocycles. The summed E-state index contributed by atoms with van der Waals surface area (Å²) in [4.78, 5) is 14.5. The van der Waals surface area contributed by atoms with E-state index < -0.39 is 5.41 Å². The van der Waals surface area contributed by atoms with Gasteiger partial charge in [-0.25, -0.2) is 0 Å². The van der Waals surface area contributed by atoms with Gasteiger partial charge in [0.05, 0.1) is 5.70 Å². The van der Waals surface area contributed by atoms with Crippen LogP contribution in [0.5, 0.6) is 11.8 Å². The average Bonchev–Trinajstić information content (AvgIpc) is 3.35. The van der Waals surface area contributed by atoms with Crippen LogP contribution in [-0.4, -0.2) is 44.2 Å². The van der Waals surface area contributed by atoms with Crippen molar-refractivity contribution in [3.05, 3.63) is 51.8 Å². The molecule has 1 N–H and O–H groups in total. The van der Waals surface area contributed by atoms with Crippen LogP contribution in [0.3, 0.4) is 0 Å². The van der Waals surface area contributed by atoms with Gasteiger partial charge in [-0.15, -0.1) is 0 Å². The zero-order valence-electron chi connectivity index (χ0n) is 18.8. The lowest BCUT2D eigenvalue weighted by molar-refractivity contribution is -0.133. The SMILES string of the molecule is CCN(CC)C(=O)CC(C)(C)Cn1c(O)c2n(c1=S)C1=CC(c3ccc(Cl)cc3)=CC1O2. The Balaban J connectivity index is 1.60. The van der Waals surface area contributed by atoms with Crippen LogP contribution in [0.1, 0.15) is 39.7 Å². The molecular formula is C24H28ClN3O3S. The third kappa shape index (κ3) is 3.99. The Labute approximate surface area is 198 Å². The Morgan fingerprint density at radius 3 is 2.53 bits per heavy atom. The van der Waals surface area contributed by atoms with Gasteiger partial charge in [-0.3, -0.25) is 13.9 Å². The summed E-state index contributed by atoms with van der Waals surface area (Å²) < 4.78 is 9.96. The number of rotatable bonds is 7. The van der Waals surface area contributed by atoms with E-state index in [2.05, 4.69) is 0 Å². The Morgan fingerprint density at radius 2 is 1.91 bits per heavy atom. The highest BCUT2D eigenvalue weighted by Gasteiger charge is 2.38. The molecule has 1 aromatic carbocycles. The molecule has 2 aromatic rings. The molecule has 1 atom stereocenters. The van der Waals surface area contributed by atoms with Gasteiger partial charge in [0, 0.05) is 31.1 Å². The summed E-state index contributed by atoms with van der Waals surface area (Å²) in [6, 6.07) is 7.63. The van der Waals surface area contributed by atoms with Crippen LogP contribution in [-0.2, 0) is 11.3 Å². The first-order chi connectivity index (χ1) is 15.1. The quantitative estimate of drug-likeness (QED) is 0.550. The molecule has 6 nitrogen and oxygen atoms in total. The number of hydrogen-bond acceptors (Lipinski definition) is 4. The highest BCUT2D eigenvalue weighted by Crippen LogP contribution is 2.45. The van der Waals surface area contributed by atoms with Gasteiger partial charge < -0.3 is 14.7 Å². The number of allylic oxidation sites excluding steroid dienone is 2. The number of halogens is 1. The van der Waals surface area contributed by atoms with Crippen LogP contribution in [0.25, 0.3) is 11.3 Å². The third-order valence-electron chi connectivity index (χ3n) is 6.00. The molecule has 2 aliphatic rings. The fraction of sp³-hybridized carbons (Fsp3) is 0.417. The molecule has 2 heterocycles. The van der Waals surface area contributed by atoms with Gasteiger partial charge in [-0.05, 0) is 66.9 Å². The molecule has 1 unspecified atom stereocenters. The maximum Gasteiger partial charge on any atom is 0.264 e. The van der Waals surface area contributed by atoms with Gasteiger partial charge >= 0.3 is 0 Å². The number of ether oxygens (including phenoxy) is 1. The first-order valence-electron chi connectivity index (χ1n) is 10.8. The largest absolute Gasteiger partial charge is 0.491 e. The van der Waals surface area contributed by atoms with E-state index in [9.17, 15) is 9.90 Å². The monoisotopic (exact) mass is 473 g/mol. The molecule has 1 aliphatic carbocycles. The molecule has 0 saturated heterocycles. The van der Waals surface area contributed by atoms with Crippen molar-refractivity contribution in [3.63, 3.8) is 0 Å². The number of imidazole rings is 1. The van der Waals surface area contributed by atoms with Crippen molar-refractivity contribution in [2.75, 3.05) is 13.1 Å². The van der Waals surface area contributed by atoms with Gasteiger partial charge in [0.2, 0.25) is 5.91 Å². The smallest absolute Gasteiger partial charge is 0.264 e. The minimum absolute atomic E-state index is 0.00453. The van der Waals surface area contributed by atoms with Crippen LogP contribution in [0.4, 0.5) is 0 Å². The van der Waals surface area contributed by atoms with Gasteiger partial charge in [-0.2, -0.15) is 0 Å². The standard InChI is InChI=1S/C24H28ClN3O3S/c1-5-26(6-2)20(29)13-24(3,4)14-27-21(30)22-28(23(27)32)18-11-16(12-19(18)31-22)15-7-9-17(25)10-8-15/h7-12,19,30H,5-6,13-14H2,1-4H3. The van der Waals surface area contributed by atoms with Crippen LogP contribution in [0, 0.1) is 10.2 Å². The van der Waals surface area contributed by atoms with Crippen LogP contribution < -0.4 is 4.74 Å². The molecule has 0 spiro atoms. The number of amides is 1. The minimum atomic E-state index is -0.395. The van der Waals surface area contributed by atoms with Crippen molar-refractivity contribution in [3.8, 4) is 11.8 Å². The minimum Gasteiger partial charge on any atom is -0.491 e. The maximum absolute atomic E-state index is 12.6. The molecular weight excluding hydrogens is 446 g/mol. The summed E-state index contributed by atoms with van der Waals surface area (Å²) in [7, 11) is 0. The molecule has 0 saturated carbocycles. The van der Waals surface area contributed by atoms with Crippen LogP contribution >= 0.6 is 23.8 Å². The lowest BCUT2D eigenvalue weighted by Crippen LogP contribution is -2.35. The fourth-order valence-corrected chi connectivity index (χ4v) is 4.80. The summed E-state index contributed by atoms with van der Waals surface area (Å²) in [5.74, 6) is 0.447. The van der Waals surface area contributed by atoms with Crippen molar-refractivity contribution in [1.82, 2.24) is 14.0 Å². The van der Waals surface area contributed by atoms with Crippen LogP contribution in [0.2, 0.25) is 5.02 Å². The maximum atomic E-state index is 12.6. The Morgan fingerprint density at radius 1 is 1.25 bits per heavy atom. The summed E-state index contributed by atoms with van der Waals surface area (Å²) in [5, 5.41) is 11.6. The number of carbonyl (C=O) groups is 1. The van der Waals surface area contributed by atoms with E-state index in [0.29, 0.717) is 41.7 Å². The molecule has 8 heteroatoms. The van der Waals surface area contributed by atoms with E-state index in [4.69, 9.17) is 28.6 Å². The van der Waals surface area contributed by atoms with E-state index in [-0.39, 0.29) is 17.9 Å². The number of fused-ring (bicyclic) bond motifs is 3. The topological polar surface area (TPSA) is 59.6 Å². The van der Waals surface area contributed by atoms with Gasteiger partial charge in [0.15, 0.2) is 10.9 Å². The van der Waals surface area contributed by atoms with Gasteiger partial charge in [0.25, 0.3) is 11.8 Å². The molecule has 0 radical (unpaired) electrons. The molecule has 4 rings (SSSR count). The van der Waals surface area contributed by atoms with Crippen molar-refractivity contribution in [2.24, 2.45) is 5.41 Å². The number of carbonyl (C=O) groups excluding carboxylic acids is 1. The normalized spacial score (nSPS) is 16.8. The molecule has 0 fully saturated rings. The molecule has 170 valence electrons. The van der Waals surface area contributed by atoms with Gasteiger partial charge in [0.1, 0.15) is 0 Å². The predicted molar refractivity (Wildman–Crippen MR) is 129 cm³/mol. The lowest BCUT2D eigenvalue weighted by atomic mass is 9.88. The highest BCUT2D eigenvalue weighted by molar-refractivity contribution is 7.71. The second-order valence-electron chi connectivity index (χ2n) is 8.98. The predicted octanol–water partition coefficient (Wildman–Crippen LogP) is 5.36. The third-order valence-corrected chi connectivity index (χ3v) is 6.66. The number of hydrogen-bond donors (Lipinski definition) is 1. The zero-order valence-corrected chi connectivity index (χ0v) is 20.3. The zero-order chi connectivity index (χ0) is 23.2. The first-order valence-corrected chi connectivity index (χ1v) is 11.6. The fourth-order valence-electron chi connectivity index (χ4n) is 4.34. The Hall–Kier alpha value is -2.51. The first kappa shape index (κ1) is 22.7. The Kier molecular flexibility index (Phi) is 5.98. The molecule has 1 aromatic heterocycles. The van der Waals surface area contributed by atoms with Crippen LogP contribution in [0.15, 0.2) is 36.4 Å². The van der Waals surface area contributed by atoms with E-state index in [1.165, 1.54) is 0 Å². The second kappa shape index (κ2) is 8.45. The summed E-state index contributed by atoms with van der Waals surface area (Å²) in [6.45, 7) is 9.75. The molecule has 0 bridgehead atoms. The summed E-state index contributed by atoms with van der Waals surface area (Å²) in [5.41, 5.74) is 2.54. The Bertz CT molecular complexity index is 1170. The molecule has 1 amide bonds. The van der Waals surface area contributed by atoms with Crippen molar-refractivity contribution >= 4 is 41.0 Å². The van der Waals surface area contributed by atoms with Crippen molar-refractivity contribution in [1.29, 1.82) is 0 Å². The molecule has 32 heavy (non-hydrogen) atoms. The number of nitrogens with zero attached hydrogens (tertiary/aromatic N) is 3. The highest BCUT2D eigenvalue weighted by atomic mass is 35.5. The number of aromatic hydroxyl groups is 1. The lowest BCUT2D eigenvalue weighted by Gasteiger charge is -2.28. The summed E-state index contributed by atoms with van der Waals surface area (Å²) in [6.07, 6.45) is 4.11. The van der Waals surface area contributed by atoms with Crippen molar-refractivity contribution in [2.45, 2.75) is 46.8 Å². The van der Waals surface area contributed by atoms with Gasteiger partial charge in [-0.1, -0.05) is 37.6 Å². The van der Waals surface area contributed by atoms with E-state index >= 15 is 0 Å². The van der Waals surface area contributed by atoms with E-state index in [1.54, 1.807) is 9.13 Å². The number of aromatic nitrogens is 2. The average molecular weight is 474 g/mol. The number of benzene rings is 1. The second-order valence-corrected chi connectivity index (χ2v) is 9.78.